The normalized spacial score (nSPS) is 11.8. The molecule has 0 N–H and O–H groups in total. The Balaban J connectivity index is 4.45. The van der Waals surface area contributed by atoms with Crippen LogP contribution in [0.3, 0.4) is 0 Å². The van der Waals surface area contributed by atoms with Crippen LogP contribution in [-0.4, -0.2) is 19.7 Å². The molecular weight excluding hydrogens is 208 g/mol. The Kier molecular flexibility index (Phi) is 5.32. The summed E-state index contributed by atoms with van der Waals surface area (Å²) in [5, 5.41) is 0. The van der Waals surface area contributed by atoms with E-state index in [1.807, 2.05) is 33.8 Å². The van der Waals surface area contributed by atoms with Crippen LogP contribution in [0.4, 0.5) is 0 Å². The maximum atomic E-state index is 11.3. The van der Waals surface area contributed by atoms with Crippen LogP contribution in [0.1, 0.15) is 34.1 Å². The third-order valence-electron chi connectivity index (χ3n) is 3.17. The first kappa shape index (κ1) is 14.8. The Labute approximate surface area is 97.2 Å². The van der Waals surface area contributed by atoms with E-state index in [9.17, 15) is 4.79 Å². The summed E-state index contributed by atoms with van der Waals surface area (Å²) in [6.45, 7) is 8.22. The second-order valence-electron chi connectivity index (χ2n) is 4.98. The van der Waals surface area contributed by atoms with Crippen LogP contribution in [-0.2, 0) is 19.3 Å². The quantitative estimate of drug-likeness (QED) is 0.230. The minimum Gasteiger partial charge on any atom is -0.469 e. The number of carbonyl (C=O) groups excluding carboxylic acids is 1. The molecule has 92 valence electrons. The van der Waals surface area contributed by atoms with E-state index < -0.39 is 0 Å². The van der Waals surface area contributed by atoms with Crippen molar-refractivity contribution >= 4 is 5.97 Å². The molecule has 0 bridgehead atoms. The zero-order chi connectivity index (χ0) is 12.8. The number of esters is 1. The third kappa shape index (κ3) is 4.11. The van der Waals surface area contributed by atoms with Gasteiger partial charge in [-0.25, -0.2) is 0 Å². The Bertz CT molecular complexity index is 273. The average Bonchev–Trinajstić information content (AvgIpc) is 2.17. The summed E-state index contributed by atoms with van der Waals surface area (Å²) in [6, 6.07) is 0. The van der Waals surface area contributed by atoms with Gasteiger partial charge in [0, 0.05) is 0 Å². The van der Waals surface area contributed by atoms with Crippen molar-refractivity contribution in [1.82, 2.24) is 0 Å². The molecule has 0 aliphatic carbocycles. The molecule has 0 aromatic carbocycles. The minimum atomic E-state index is -0.280. The van der Waals surface area contributed by atoms with Gasteiger partial charge < -0.3 is 4.74 Å². The molecule has 0 atom stereocenters. The molecule has 0 heterocycles. The van der Waals surface area contributed by atoms with Crippen LogP contribution in [0, 0.1) is 23.4 Å². The van der Waals surface area contributed by atoms with Crippen molar-refractivity contribution in [3.63, 3.8) is 0 Å². The summed E-state index contributed by atoms with van der Waals surface area (Å²) in [4.78, 5) is 20.5. The van der Waals surface area contributed by atoms with E-state index in [4.69, 9.17) is 11.3 Å². The van der Waals surface area contributed by atoms with Crippen molar-refractivity contribution in [2.45, 2.75) is 34.1 Å². The van der Waals surface area contributed by atoms with Gasteiger partial charge in [-0.05, 0) is 10.8 Å². The van der Waals surface area contributed by atoms with Gasteiger partial charge in [-0.2, -0.15) is 4.89 Å². The van der Waals surface area contributed by atoms with Gasteiger partial charge in [0.15, 0.2) is 6.11 Å². The largest absolute Gasteiger partial charge is 0.469 e. The van der Waals surface area contributed by atoms with Crippen LogP contribution < -0.4 is 0 Å². The first-order valence-corrected chi connectivity index (χ1v) is 5.08. The molecule has 16 heavy (non-hydrogen) atoms. The third-order valence-corrected chi connectivity index (χ3v) is 3.17. The van der Waals surface area contributed by atoms with E-state index >= 15 is 0 Å². The molecule has 0 rings (SSSR count). The van der Waals surface area contributed by atoms with Gasteiger partial charge in [0.2, 0.25) is 0 Å². The van der Waals surface area contributed by atoms with Crippen molar-refractivity contribution in [2.75, 3.05) is 13.7 Å². The molecule has 0 aromatic heterocycles. The highest BCUT2D eigenvalue weighted by Gasteiger charge is 2.39. The van der Waals surface area contributed by atoms with Crippen molar-refractivity contribution in [2.24, 2.45) is 10.8 Å². The van der Waals surface area contributed by atoms with Gasteiger partial charge >= 0.3 is 5.97 Å². The van der Waals surface area contributed by atoms with E-state index in [1.165, 1.54) is 7.11 Å². The second-order valence-corrected chi connectivity index (χ2v) is 4.98. The number of methoxy groups -OCH3 is 1. The fourth-order valence-electron chi connectivity index (χ4n) is 1.08. The summed E-state index contributed by atoms with van der Waals surface area (Å²) >= 11 is 0. The topological polar surface area (TPSA) is 44.8 Å². The van der Waals surface area contributed by atoms with Crippen LogP contribution >= 0.6 is 0 Å². The van der Waals surface area contributed by atoms with E-state index in [1.54, 1.807) is 0 Å². The maximum absolute atomic E-state index is 11.3. The summed E-state index contributed by atoms with van der Waals surface area (Å²) in [5.74, 6) is -0.240. The fourth-order valence-corrected chi connectivity index (χ4v) is 1.08. The Morgan fingerprint density at radius 3 is 2.25 bits per heavy atom. The van der Waals surface area contributed by atoms with Gasteiger partial charge in [-0.3, -0.25) is 9.68 Å². The number of hydrogen-bond donors (Lipinski definition) is 0. The summed E-state index contributed by atoms with van der Waals surface area (Å²) < 4.78 is 4.66. The van der Waals surface area contributed by atoms with Crippen molar-refractivity contribution in [3.8, 4) is 12.5 Å². The number of rotatable bonds is 6. The molecular formula is C12H20O4. The Hall–Kier alpha value is -1.21. The lowest BCUT2D eigenvalue weighted by Crippen LogP contribution is -2.38. The monoisotopic (exact) mass is 228 g/mol. The van der Waals surface area contributed by atoms with E-state index in [0.717, 1.165) is 0 Å². The SMILES string of the molecule is C#COOCC(C)(C)C(C)(C)CC(=O)OC. The fraction of sp³-hybridized carbons (Fsp3) is 0.750. The van der Waals surface area contributed by atoms with Crippen molar-refractivity contribution in [1.29, 1.82) is 0 Å². The highest BCUT2D eigenvalue weighted by atomic mass is 17.2. The zero-order valence-corrected chi connectivity index (χ0v) is 10.6. The predicted octanol–water partition coefficient (Wildman–Crippen LogP) is 2.14. The first-order chi connectivity index (χ1) is 7.27. The standard InChI is InChI=1S/C12H20O4/c1-7-15-16-9-12(4,5)11(2,3)8-10(13)14-6/h1H,8-9H2,2-6H3. The highest BCUT2D eigenvalue weighted by molar-refractivity contribution is 5.70. The second kappa shape index (κ2) is 5.76. The number of terminal acetylenes is 1. The Morgan fingerprint density at radius 2 is 1.81 bits per heavy atom. The summed E-state index contributed by atoms with van der Waals surface area (Å²) in [7, 11) is 1.38. The van der Waals surface area contributed by atoms with Crippen molar-refractivity contribution in [3.05, 3.63) is 0 Å². The molecule has 0 aliphatic heterocycles. The molecule has 0 saturated heterocycles. The molecule has 0 aliphatic rings. The number of carbonyl (C=O) groups is 1. The lowest BCUT2D eigenvalue weighted by molar-refractivity contribution is -0.263. The van der Waals surface area contributed by atoms with Gasteiger partial charge in [0.1, 0.15) is 6.61 Å². The van der Waals surface area contributed by atoms with Gasteiger partial charge in [0.25, 0.3) is 0 Å². The van der Waals surface area contributed by atoms with Gasteiger partial charge in [-0.1, -0.05) is 34.1 Å². The lowest BCUT2D eigenvalue weighted by atomic mass is 9.66. The van der Waals surface area contributed by atoms with Crippen LogP contribution in [0.25, 0.3) is 0 Å². The zero-order valence-electron chi connectivity index (χ0n) is 10.6. The van der Waals surface area contributed by atoms with Crippen LogP contribution in [0.5, 0.6) is 0 Å². The van der Waals surface area contributed by atoms with E-state index in [2.05, 4.69) is 9.62 Å². The molecule has 0 unspecified atom stereocenters. The predicted molar refractivity (Wildman–Crippen MR) is 60.1 cm³/mol. The molecule has 0 saturated carbocycles. The molecule has 4 nitrogen and oxygen atoms in total. The molecule has 0 spiro atoms. The molecule has 0 aromatic rings. The smallest absolute Gasteiger partial charge is 0.306 e. The van der Waals surface area contributed by atoms with Crippen LogP contribution in [0.2, 0.25) is 0 Å². The molecule has 0 amide bonds. The maximum Gasteiger partial charge on any atom is 0.306 e. The average molecular weight is 228 g/mol. The lowest BCUT2D eigenvalue weighted by Gasteiger charge is -2.39. The van der Waals surface area contributed by atoms with Crippen molar-refractivity contribution < 1.29 is 19.3 Å². The summed E-state index contributed by atoms with van der Waals surface area (Å²) in [6.07, 6.45) is 7.14. The van der Waals surface area contributed by atoms with Gasteiger partial charge in [0.05, 0.1) is 13.5 Å². The number of hydrogen-bond acceptors (Lipinski definition) is 4. The highest BCUT2D eigenvalue weighted by Crippen LogP contribution is 2.41. The first-order valence-electron chi connectivity index (χ1n) is 5.08. The molecule has 0 fully saturated rings. The van der Waals surface area contributed by atoms with Crippen LogP contribution in [0.15, 0.2) is 0 Å². The summed E-state index contributed by atoms with van der Waals surface area (Å²) in [5.41, 5.74) is -0.546. The minimum absolute atomic E-state index is 0.240. The molecule has 4 heteroatoms. The molecule has 0 radical (unpaired) electrons. The van der Waals surface area contributed by atoms with E-state index in [-0.39, 0.29) is 16.8 Å². The van der Waals surface area contributed by atoms with Gasteiger partial charge in [-0.15, -0.1) is 0 Å². The number of ether oxygens (including phenoxy) is 1. The van der Waals surface area contributed by atoms with E-state index in [0.29, 0.717) is 13.0 Å². The Morgan fingerprint density at radius 1 is 1.25 bits per heavy atom.